The van der Waals surface area contributed by atoms with Crippen LogP contribution in [0.25, 0.3) is 10.1 Å². The molecule has 0 N–H and O–H groups in total. The zero-order valence-electron chi connectivity index (χ0n) is 16.3. The minimum Gasteiger partial charge on any atom is -0.275 e. The Kier molecular flexibility index (Phi) is 44.4. The fourth-order valence-corrected chi connectivity index (χ4v) is 89.8. The highest BCUT2D eigenvalue weighted by Gasteiger charge is 2.21. The molecule has 0 fully saturated rings. The first kappa shape index (κ1) is 52.1. The number of hydrogen-bond donors (Lipinski definition) is 0. The molecule has 0 amide bonds. The second-order valence-corrected chi connectivity index (χ2v) is 42.9. The van der Waals surface area contributed by atoms with Crippen molar-refractivity contribution in [1.29, 1.82) is 0 Å². The lowest BCUT2D eigenvalue weighted by atomic mass is 10.2. The van der Waals surface area contributed by atoms with E-state index in [-0.39, 0.29) is 97.6 Å². The lowest BCUT2D eigenvalue weighted by Gasteiger charge is -2.27. The molecule has 2 rings (SSSR count). The van der Waals surface area contributed by atoms with E-state index < -0.39 is 40.0 Å². The average molecular weight is 863 g/mol. The molecule has 1 aromatic heterocycles. The molecule has 1 heterocycles. The van der Waals surface area contributed by atoms with Gasteiger partial charge in [-0.2, -0.15) is 16.8 Å². The molecular weight excluding hydrogens is 845 g/mol. The molecule has 0 spiro atoms. The van der Waals surface area contributed by atoms with Gasteiger partial charge in [-0.3, -0.25) is 4.79 Å². The number of benzene rings is 1. The van der Waals surface area contributed by atoms with Crippen LogP contribution in [-0.2, 0) is 23.1 Å². The number of carbonyl (C=O) groups is 1. The molecule has 1 aromatic carbocycles. The third-order valence-corrected chi connectivity index (χ3v) is 54.0. The van der Waals surface area contributed by atoms with Gasteiger partial charge in [0.15, 0.2) is 0 Å². The Hall–Kier alpha value is 4.39. The second kappa shape index (κ2) is 29.9. The molecule has 0 saturated heterocycles. The molecule has 6 atom stereocenters. The second-order valence-electron chi connectivity index (χ2n) is 4.30. The minimum absolute atomic E-state index is 0. The highest BCUT2D eigenvalue weighted by Crippen LogP contribution is 3.10. The van der Waals surface area contributed by atoms with Gasteiger partial charge >= 0.3 is 23.1 Å². The van der Waals surface area contributed by atoms with Crippen molar-refractivity contribution in [3.05, 3.63) is 33.7 Å². The molecule has 0 aliphatic carbocycles. The van der Waals surface area contributed by atoms with Crippen LogP contribution in [0.4, 0.5) is 8.78 Å². The summed E-state index contributed by atoms with van der Waals surface area (Å²) in [4.78, 5) is 10.9. The van der Waals surface area contributed by atoms with Crippen molar-refractivity contribution >= 4 is 204 Å². The van der Waals surface area contributed by atoms with Crippen LogP contribution in [0.15, 0.2) is 12.1 Å². The Labute approximate surface area is 265 Å². The first-order chi connectivity index (χ1) is 14.3. The van der Waals surface area contributed by atoms with E-state index in [2.05, 4.69) is 53.6 Å². The molecule has 2 aromatic rings. The number of carbonyl (C=O) groups excluding carboxylic acids is 1. The summed E-state index contributed by atoms with van der Waals surface area (Å²) in [6.07, 6.45) is 0. The normalized spacial score (nSPS) is 8.97. The molecule has 208 valence electrons. The number of hydrogen-bond acceptors (Lipinski definition) is 6. The highest BCUT2D eigenvalue weighted by molar-refractivity contribution is 9.16. The van der Waals surface area contributed by atoms with E-state index in [4.69, 9.17) is 40.0 Å². The third-order valence-electron chi connectivity index (χ3n) is 2.48. The molecule has 26 heteroatoms. The Morgan fingerprint density at radius 3 is 1.34 bits per heavy atom. The number of halogens is 8. The minimum atomic E-state index is -0.819. The van der Waals surface area contributed by atoms with Gasteiger partial charge in [0.1, 0.15) is 16.5 Å². The van der Waals surface area contributed by atoms with Gasteiger partial charge in [0.05, 0.1) is 15.1 Å². The lowest BCUT2D eigenvalue weighted by molar-refractivity contribution is 0.108. The highest BCUT2D eigenvalue weighted by atomic mass is 35.5. The quantitative estimate of drug-likeness (QED) is 0.226. The largest absolute Gasteiger partial charge is 0.335 e. The van der Waals surface area contributed by atoms with E-state index in [9.17, 15) is 13.6 Å². The fourth-order valence-electron chi connectivity index (χ4n) is 1.58. The van der Waals surface area contributed by atoms with E-state index in [1.165, 1.54) is 0 Å². The molecule has 6 unspecified atom stereocenters. The summed E-state index contributed by atoms with van der Waals surface area (Å²) in [5.41, 5.74) is 0. The molecule has 0 radical (unpaired) electrons. The Morgan fingerprint density at radius 1 is 0.800 bits per heavy atom. The molecule has 5 nitrogen and oxygen atoms in total. The summed E-state index contributed by atoms with van der Waals surface area (Å²) >= 11 is 10.2. The van der Waals surface area contributed by atoms with Gasteiger partial charge in [0.2, 0.25) is 0 Å². The van der Waals surface area contributed by atoms with Crippen molar-refractivity contribution in [3.63, 3.8) is 0 Å². The molecule has 0 aliphatic heterocycles. The summed E-state index contributed by atoms with van der Waals surface area (Å²) in [5.74, 6) is -1.29. The lowest BCUT2D eigenvalue weighted by Crippen LogP contribution is -1.83. The van der Waals surface area contributed by atoms with E-state index in [1.807, 2.05) is 0 Å². The van der Waals surface area contributed by atoms with E-state index >= 15 is 0 Å². The van der Waals surface area contributed by atoms with Gasteiger partial charge in [0.25, 0.3) is 5.24 Å². The van der Waals surface area contributed by atoms with Gasteiger partial charge < -0.3 is 0 Å². The summed E-state index contributed by atoms with van der Waals surface area (Å²) in [6.45, 7) is 0.623. The van der Waals surface area contributed by atoms with Gasteiger partial charge in [-0.15, -0.1) is 115 Å². The van der Waals surface area contributed by atoms with E-state index in [0.717, 1.165) is 23.5 Å². The topological polar surface area (TPSA) is 85.3 Å². The van der Waals surface area contributed by atoms with Crippen molar-refractivity contribution in [2.75, 3.05) is 0 Å². The smallest absolute Gasteiger partial charge is 0.275 e. The maximum absolute atomic E-state index is 13.3. The molecule has 0 bridgehead atoms. The summed E-state index contributed by atoms with van der Waals surface area (Å²) < 4.78 is 59.7. The predicted molar refractivity (Wildman–Crippen MR) is 190 cm³/mol. The zero-order valence-corrected chi connectivity index (χ0v) is 34.1. The first-order valence-corrected chi connectivity index (χ1v) is 26.7. The van der Waals surface area contributed by atoms with Gasteiger partial charge in [-0.05, 0) is 51.7 Å². The molecule has 0 aliphatic rings. The average Bonchev–Trinajstić information content (AvgIpc) is 2.98. The standard InChI is InChI=1S/C9H2Cl2F2OS.4ClH.2O2S.H12P10/c10-6-5-3(12)1-2-4(13)7(5)15-8(6)9(11)14;;;;;2*1-3-2;1-7(2)10(8(3)4)9(5)6/h1-2H;4*1H;;;1-6H2. The van der Waals surface area contributed by atoms with Gasteiger partial charge in [0, 0.05) is 0 Å². The number of thiophene rings is 1. The maximum Gasteiger partial charge on any atom is 0.335 e. The van der Waals surface area contributed by atoms with Crippen LogP contribution in [0.2, 0.25) is 5.02 Å². The SMILES string of the molecule is Cl.Cl.Cl.Cl.O=C(Cl)c1sc2c(F)ccc(F)c2c1Cl.O=S=O.O=S=O.PP(P)P(P(P)P)P(P)P. The molecular formula is C9H18Cl6F2O5P10S3. The van der Waals surface area contributed by atoms with Crippen LogP contribution in [0.5, 0.6) is 0 Å². The van der Waals surface area contributed by atoms with E-state index in [0.29, 0.717) is 0 Å². The monoisotopic (exact) mass is 860 g/mol. The van der Waals surface area contributed by atoms with Crippen LogP contribution in [0, 0.1) is 11.6 Å². The predicted octanol–water partition coefficient (Wildman–Crippen LogP) is 9.96. The van der Waals surface area contributed by atoms with Crippen molar-refractivity contribution in [1.82, 2.24) is 0 Å². The van der Waals surface area contributed by atoms with Crippen LogP contribution in [0.3, 0.4) is 0 Å². The van der Waals surface area contributed by atoms with Crippen molar-refractivity contribution < 1.29 is 30.4 Å². The summed E-state index contributed by atoms with van der Waals surface area (Å²) in [7, 11) is 17.7. The van der Waals surface area contributed by atoms with Crippen LogP contribution < -0.4 is 0 Å². The molecule has 0 saturated carbocycles. The molecule has 35 heavy (non-hydrogen) atoms. The van der Waals surface area contributed by atoms with Crippen LogP contribution in [-0.4, -0.2) is 22.1 Å². The maximum atomic E-state index is 13.3. The Morgan fingerprint density at radius 2 is 1.11 bits per heavy atom. The van der Waals surface area contributed by atoms with Crippen LogP contribution >= 0.6 is 166 Å². The van der Waals surface area contributed by atoms with Crippen molar-refractivity contribution in [2.45, 2.75) is 0 Å². The van der Waals surface area contributed by atoms with E-state index in [1.54, 1.807) is 0 Å². The Balaban J connectivity index is -0.0000000932. The zero-order chi connectivity index (χ0) is 24.9. The first-order valence-electron chi connectivity index (χ1n) is 6.59. The summed E-state index contributed by atoms with van der Waals surface area (Å²) in [6, 6.07) is 1.94. The fraction of sp³-hybridized carbons (Fsp3) is 0. The van der Waals surface area contributed by atoms with Crippen molar-refractivity contribution in [3.8, 4) is 0 Å². The van der Waals surface area contributed by atoms with Gasteiger partial charge in [-0.1, -0.05) is 11.6 Å². The number of fused-ring (bicyclic) bond motifs is 1. The Bertz CT molecular complexity index is 921. The van der Waals surface area contributed by atoms with Crippen molar-refractivity contribution in [2.24, 2.45) is 0 Å². The van der Waals surface area contributed by atoms with Crippen LogP contribution in [0.1, 0.15) is 9.67 Å². The summed E-state index contributed by atoms with van der Waals surface area (Å²) in [5, 5.41) is -1.04. The number of rotatable bonds is 4. The third kappa shape index (κ3) is 20.8. The van der Waals surface area contributed by atoms with Gasteiger partial charge in [-0.25, -0.2) is 8.78 Å².